The molecule has 0 spiro atoms. The third-order valence-electron chi connectivity index (χ3n) is 12.2. The Balaban J connectivity index is 1.03. The molecule has 0 bridgehead atoms. The second-order valence-electron chi connectivity index (χ2n) is 15.9. The van der Waals surface area contributed by atoms with Gasteiger partial charge in [0.1, 0.15) is 0 Å². The van der Waals surface area contributed by atoms with Crippen molar-refractivity contribution < 1.29 is 0 Å². The zero-order valence-corrected chi connectivity index (χ0v) is 34.1. The van der Waals surface area contributed by atoms with Crippen LogP contribution in [-0.4, -0.2) is 24.5 Å². The van der Waals surface area contributed by atoms with E-state index in [0.717, 1.165) is 100 Å². The van der Waals surface area contributed by atoms with E-state index >= 15 is 0 Å². The Morgan fingerprint density at radius 3 is 1.52 bits per heavy atom. The van der Waals surface area contributed by atoms with Crippen molar-refractivity contribution in [2.24, 2.45) is 0 Å². The number of hydrogen-bond donors (Lipinski definition) is 0. The van der Waals surface area contributed by atoms with Gasteiger partial charge in [0.15, 0.2) is 0 Å². The first-order chi connectivity index (χ1) is 31.2. The van der Waals surface area contributed by atoms with Crippen molar-refractivity contribution >= 4 is 43.5 Å². The number of fused-ring (bicyclic) bond motifs is 7. The van der Waals surface area contributed by atoms with Crippen LogP contribution >= 0.6 is 0 Å². The van der Waals surface area contributed by atoms with Crippen molar-refractivity contribution in [2.45, 2.75) is 0 Å². The van der Waals surface area contributed by atoms with Gasteiger partial charge in [0.05, 0.1) is 33.6 Å². The summed E-state index contributed by atoms with van der Waals surface area (Å²) < 4.78 is 2.42. The third kappa shape index (κ3) is 6.42. The minimum atomic E-state index is 0.908. The molecule has 5 nitrogen and oxygen atoms in total. The summed E-state index contributed by atoms with van der Waals surface area (Å²) in [6.07, 6.45) is 7.32. The van der Waals surface area contributed by atoms with E-state index in [2.05, 4.69) is 190 Å². The molecule has 0 aliphatic rings. The van der Waals surface area contributed by atoms with Gasteiger partial charge in [0, 0.05) is 74.1 Å². The Hall–Kier alpha value is -8.54. The molecule has 0 N–H and O–H groups in total. The van der Waals surface area contributed by atoms with E-state index in [4.69, 9.17) is 9.97 Å². The second-order valence-corrected chi connectivity index (χ2v) is 15.9. The molecular weight excluding hydrogens is 767 g/mol. The zero-order chi connectivity index (χ0) is 41.7. The summed E-state index contributed by atoms with van der Waals surface area (Å²) in [6, 6.07) is 71.2. The van der Waals surface area contributed by atoms with Crippen LogP contribution in [0.25, 0.3) is 116 Å². The molecule has 5 heteroatoms. The molecule has 0 saturated carbocycles. The minimum absolute atomic E-state index is 0.908. The second kappa shape index (κ2) is 15.2. The fourth-order valence-electron chi connectivity index (χ4n) is 9.17. The topological polar surface area (TPSA) is 56.5 Å². The van der Waals surface area contributed by atoms with Crippen molar-refractivity contribution in [1.82, 2.24) is 24.5 Å². The number of benzene rings is 7. The molecule has 0 radical (unpaired) electrons. The lowest BCUT2D eigenvalue weighted by Gasteiger charge is -2.14. The van der Waals surface area contributed by atoms with Crippen LogP contribution in [0.3, 0.4) is 0 Å². The molecule has 5 heterocycles. The van der Waals surface area contributed by atoms with E-state index in [-0.39, 0.29) is 0 Å². The summed E-state index contributed by atoms with van der Waals surface area (Å²) >= 11 is 0. The number of nitrogens with zero attached hydrogens (tertiary/aromatic N) is 5. The molecule has 63 heavy (non-hydrogen) atoms. The summed E-state index contributed by atoms with van der Waals surface area (Å²) in [6.45, 7) is 0. The van der Waals surface area contributed by atoms with Crippen molar-refractivity contribution in [1.29, 1.82) is 0 Å². The molecule has 7 aromatic carbocycles. The van der Waals surface area contributed by atoms with Crippen LogP contribution < -0.4 is 0 Å². The molecule has 0 unspecified atom stereocenters. The van der Waals surface area contributed by atoms with Gasteiger partial charge in [-0.05, 0) is 100 Å². The highest BCUT2D eigenvalue weighted by Crippen LogP contribution is 2.43. The lowest BCUT2D eigenvalue weighted by molar-refractivity contribution is 1.18. The van der Waals surface area contributed by atoms with Gasteiger partial charge < -0.3 is 4.57 Å². The lowest BCUT2D eigenvalue weighted by Crippen LogP contribution is -1.96. The zero-order valence-electron chi connectivity index (χ0n) is 34.1. The minimum Gasteiger partial charge on any atom is -0.309 e. The highest BCUT2D eigenvalue weighted by Gasteiger charge is 2.20. The first-order valence-electron chi connectivity index (χ1n) is 21.2. The first-order valence-corrected chi connectivity index (χ1v) is 21.2. The highest BCUT2D eigenvalue weighted by atomic mass is 15.0. The van der Waals surface area contributed by atoms with Crippen molar-refractivity contribution in [2.75, 3.05) is 0 Å². The Kier molecular flexibility index (Phi) is 8.75. The fraction of sp³-hybridized carbons (Fsp3) is 0. The quantitative estimate of drug-likeness (QED) is 0.151. The van der Waals surface area contributed by atoms with Gasteiger partial charge in [-0.3, -0.25) is 9.97 Å². The maximum absolute atomic E-state index is 5.31. The van der Waals surface area contributed by atoms with E-state index < -0.39 is 0 Å². The van der Waals surface area contributed by atoms with Gasteiger partial charge >= 0.3 is 0 Å². The predicted octanol–water partition coefficient (Wildman–Crippen LogP) is 14.7. The van der Waals surface area contributed by atoms with E-state index in [0.29, 0.717) is 0 Å². The van der Waals surface area contributed by atoms with Crippen LogP contribution in [0, 0.1) is 0 Å². The smallest absolute Gasteiger partial charge is 0.0788 e. The molecule has 0 atom stereocenters. The summed E-state index contributed by atoms with van der Waals surface area (Å²) in [5.74, 6) is 0. The van der Waals surface area contributed by atoms with Gasteiger partial charge in [-0.15, -0.1) is 0 Å². The van der Waals surface area contributed by atoms with Crippen molar-refractivity contribution in [3.63, 3.8) is 0 Å². The Labute approximate surface area is 364 Å². The summed E-state index contributed by atoms with van der Waals surface area (Å²) in [7, 11) is 0. The monoisotopic (exact) mass is 803 g/mol. The highest BCUT2D eigenvalue weighted by molar-refractivity contribution is 6.29. The van der Waals surface area contributed by atoms with Crippen molar-refractivity contribution in [3.8, 4) is 72.8 Å². The van der Waals surface area contributed by atoms with Crippen LogP contribution in [0.5, 0.6) is 0 Å². The molecule has 0 aliphatic carbocycles. The van der Waals surface area contributed by atoms with E-state index in [9.17, 15) is 0 Å². The Morgan fingerprint density at radius 2 is 0.857 bits per heavy atom. The number of aromatic nitrogens is 5. The van der Waals surface area contributed by atoms with Crippen LogP contribution in [0.2, 0.25) is 0 Å². The van der Waals surface area contributed by atoms with Gasteiger partial charge in [0.2, 0.25) is 0 Å². The van der Waals surface area contributed by atoms with E-state index in [1.54, 1.807) is 0 Å². The average molecular weight is 804 g/mol. The molecule has 294 valence electrons. The summed E-state index contributed by atoms with van der Waals surface area (Å²) in [5, 5.41) is 5.94. The van der Waals surface area contributed by atoms with Crippen LogP contribution in [0.15, 0.2) is 225 Å². The summed E-state index contributed by atoms with van der Waals surface area (Å²) in [4.78, 5) is 19.0. The standard InChI is InChI=1S/C58H37N5/c1-2-9-44(10-3-1)58-50-25-26-55-57(56(50)48-13-4-6-15-51(48)62-58)49-14-5-7-16-54(49)63(55)47-12-8-11-45(35-47)46-36-52(42-21-17-38(18-22-42)40-27-31-59-32-28-40)61-53(37-46)43-23-19-39(20-24-43)41-29-33-60-34-30-41/h1-37H. The maximum Gasteiger partial charge on any atom is 0.0788 e. The largest absolute Gasteiger partial charge is 0.309 e. The van der Waals surface area contributed by atoms with Gasteiger partial charge in [-0.25, -0.2) is 9.97 Å². The molecule has 0 fully saturated rings. The summed E-state index contributed by atoms with van der Waals surface area (Å²) in [5.41, 5.74) is 17.1. The van der Waals surface area contributed by atoms with Crippen molar-refractivity contribution in [3.05, 3.63) is 225 Å². The van der Waals surface area contributed by atoms with Gasteiger partial charge in [-0.2, -0.15) is 0 Å². The van der Waals surface area contributed by atoms with E-state index in [1.807, 2.05) is 49.1 Å². The number of rotatable bonds is 7. The molecule has 12 aromatic rings. The Morgan fingerprint density at radius 1 is 0.302 bits per heavy atom. The number of pyridine rings is 4. The molecule has 0 amide bonds. The molecular formula is C58H37N5. The lowest BCUT2D eigenvalue weighted by atomic mass is 9.96. The molecule has 0 saturated heterocycles. The SMILES string of the molecule is c1ccc(-c2nc3ccccc3c3c2ccc2c3c3ccccc3n2-c2cccc(-c3cc(-c4ccc(-c5ccncc5)cc4)nc(-c4ccc(-c5ccncc5)cc4)c3)c2)cc1. The third-order valence-corrected chi connectivity index (χ3v) is 12.2. The van der Waals surface area contributed by atoms with Crippen LogP contribution in [-0.2, 0) is 0 Å². The van der Waals surface area contributed by atoms with Gasteiger partial charge in [0.25, 0.3) is 0 Å². The number of hydrogen-bond acceptors (Lipinski definition) is 4. The average Bonchev–Trinajstić information content (AvgIpc) is 3.71. The van der Waals surface area contributed by atoms with E-state index in [1.165, 1.54) is 16.2 Å². The fourth-order valence-corrected chi connectivity index (χ4v) is 9.17. The Bertz CT molecular complexity index is 3540. The van der Waals surface area contributed by atoms with Gasteiger partial charge in [-0.1, -0.05) is 133 Å². The molecule has 5 aromatic heterocycles. The first kappa shape index (κ1) is 36.3. The number of para-hydroxylation sites is 2. The van der Waals surface area contributed by atoms with Crippen LogP contribution in [0.1, 0.15) is 0 Å². The maximum atomic E-state index is 5.31. The predicted molar refractivity (Wildman–Crippen MR) is 260 cm³/mol. The normalized spacial score (nSPS) is 11.5. The molecule has 0 aliphatic heterocycles. The van der Waals surface area contributed by atoms with Crippen LogP contribution in [0.4, 0.5) is 0 Å². The molecule has 12 rings (SSSR count).